The molecule has 25 heavy (non-hydrogen) atoms. The monoisotopic (exact) mass is 397 g/mol. The third-order valence-electron chi connectivity index (χ3n) is 4.39. The van der Waals surface area contributed by atoms with Crippen LogP contribution in [0.4, 0.5) is 0 Å². The second-order valence-corrected chi connectivity index (χ2v) is 8.45. The van der Waals surface area contributed by atoms with Crippen molar-refractivity contribution < 1.29 is 12.8 Å². The summed E-state index contributed by atoms with van der Waals surface area (Å²) in [6, 6.07) is 11.8. The Morgan fingerprint density at radius 3 is 2.60 bits per heavy atom. The lowest BCUT2D eigenvalue weighted by molar-refractivity contribution is 0.439. The summed E-state index contributed by atoms with van der Waals surface area (Å²) in [5.41, 5.74) is 1.56. The van der Waals surface area contributed by atoms with Gasteiger partial charge in [-0.1, -0.05) is 29.8 Å². The zero-order chi connectivity index (χ0) is 16.9. The first-order valence-electron chi connectivity index (χ1n) is 7.74. The number of rotatable bonds is 2. The van der Waals surface area contributed by atoms with Crippen LogP contribution in [-0.4, -0.2) is 14.5 Å². The molecule has 0 amide bonds. The van der Waals surface area contributed by atoms with E-state index >= 15 is 0 Å². The number of hydrogen-bond donors (Lipinski definition) is 1. The van der Waals surface area contributed by atoms with Crippen molar-refractivity contribution in [2.45, 2.75) is 35.7 Å². The van der Waals surface area contributed by atoms with Gasteiger partial charge in [0.1, 0.15) is 5.76 Å². The molecule has 1 unspecified atom stereocenters. The molecule has 1 N–H and O–H groups in total. The Labute approximate surface area is 157 Å². The predicted molar refractivity (Wildman–Crippen MR) is 100 cm³/mol. The maximum atomic E-state index is 12.9. The molecule has 7 heteroatoms. The molecule has 0 saturated heterocycles. The second-order valence-electron chi connectivity index (χ2n) is 6.09. The van der Waals surface area contributed by atoms with E-state index in [4.69, 9.17) is 16.0 Å². The Balaban J connectivity index is 0.00000182. The largest absolute Gasteiger partial charge is 0.459 e. The summed E-state index contributed by atoms with van der Waals surface area (Å²) >= 11 is 6.33. The Morgan fingerprint density at radius 2 is 1.88 bits per heavy atom. The lowest BCUT2D eigenvalue weighted by Crippen LogP contribution is -2.32. The van der Waals surface area contributed by atoms with E-state index in [0.29, 0.717) is 23.2 Å². The molecule has 0 spiro atoms. The van der Waals surface area contributed by atoms with Crippen LogP contribution in [0, 0.1) is 0 Å². The second kappa shape index (κ2) is 6.65. The van der Waals surface area contributed by atoms with Crippen molar-refractivity contribution in [3.8, 4) is 0 Å². The minimum atomic E-state index is -3.61. The Kier molecular flexibility index (Phi) is 4.86. The van der Waals surface area contributed by atoms with Crippen LogP contribution in [0.1, 0.15) is 18.2 Å². The molecule has 3 aromatic rings. The van der Waals surface area contributed by atoms with Crippen molar-refractivity contribution >= 4 is 44.8 Å². The van der Waals surface area contributed by atoms with Crippen LogP contribution in [0.2, 0.25) is 5.02 Å². The van der Waals surface area contributed by atoms with E-state index in [0.717, 1.165) is 23.1 Å². The Bertz CT molecular complexity index is 1030. The van der Waals surface area contributed by atoms with Gasteiger partial charge in [0, 0.05) is 30.0 Å². The van der Waals surface area contributed by atoms with E-state index in [-0.39, 0.29) is 22.2 Å². The number of furan rings is 1. The molecule has 0 bridgehead atoms. The van der Waals surface area contributed by atoms with Gasteiger partial charge < -0.3 is 9.73 Å². The number of halogens is 2. The summed E-state index contributed by atoms with van der Waals surface area (Å²) in [5, 5.41) is 4.47. The van der Waals surface area contributed by atoms with Crippen LogP contribution < -0.4 is 5.32 Å². The van der Waals surface area contributed by atoms with Crippen LogP contribution >= 0.6 is 24.0 Å². The van der Waals surface area contributed by atoms with Crippen LogP contribution in [0.25, 0.3) is 11.0 Å². The zero-order valence-electron chi connectivity index (χ0n) is 13.5. The standard InChI is InChI=1S/C18H16ClNO3S.ClH/c1-11-7-17-15(10-20-11)14-8-13(9-16(19)18(14)23-17)24(21,22)12-5-3-2-4-6-12;/h2-6,8-9,11,20H,7,10H2,1H3;1H. The van der Waals surface area contributed by atoms with Crippen molar-refractivity contribution in [3.63, 3.8) is 0 Å². The number of nitrogens with one attached hydrogen (secondary N) is 1. The summed E-state index contributed by atoms with van der Waals surface area (Å²) in [6.07, 6.45) is 0.765. The molecular weight excluding hydrogens is 381 g/mol. The van der Waals surface area contributed by atoms with E-state index in [9.17, 15) is 8.42 Å². The highest BCUT2D eigenvalue weighted by atomic mass is 35.5. The normalized spacial score (nSPS) is 17.1. The minimum absolute atomic E-state index is 0. The highest BCUT2D eigenvalue weighted by molar-refractivity contribution is 7.91. The Morgan fingerprint density at radius 1 is 1.16 bits per heavy atom. The first-order chi connectivity index (χ1) is 11.5. The molecule has 2 heterocycles. The third-order valence-corrected chi connectivity index (χ3v) is 6.42. The van der Waals surface area contributed by atoms with E-state index in [1.165, 1.54) is 6.07 Å². The van der Waals surface area contributed by atoms with Gasteiger partial charge in [0.15, 0.2) is 5.58 Å². The summed E-state index contributed by atoms with van der Waals surface area (Å²) in [4.78, 5) is 0.443. The molecular formula is C18H17Cl2NO3S. The van der Waals surface area contributed by atoms with Crippen LogP contribution in [-0.2, 0) is 22.8 Å². The summed E-state index contributed by atoms with van der Waals surface area (Å²) in [6.45, 7) is 2.73. The van der Waals surface area contributed by atoms with E-state index in [1.807, 2.05) is 0 Å². The van der Waals surface area contributed by atoms with Gasteiger partial charge in [-0.3, -0.25) is 0 Å². The van der Waals surface area contributed by atoms with E-state index in [2.05, 4.69) is 12.2 Å². The average Bonchev–Trinajstić information content (AvgIpc) is 2.94. The summed E-state index contributed by atoms with van der Waals surface area (Å²) in [5.74, 6) is 0.882. The molecule has 1 aliphatic rings. The topological polar surface area (TPSA) is 59.3 Å². The van der Waals surface area contributed by atoms with Crippen molar-refractivity contribution in [2.24, 2.45) is 0 Å². The number of hydrogen-bond acceptors (Lipinski definition) is 4. The third kappa shape index (κ3) is 3.06. The summed E-state index contributed by atoms with van der Waals surface area (Å²) < 4.78 is 31.6. The maximum Gasteiger partial charge on any atom is 0.206 e. The van der Waals surface area contributed by atoms with Crippen molar-refractivity contribution in [1.82, 2.24) is 5.32 Å². The van der Waals surface area contributed by atoms with Gasteiger partial charge in [-0.25, -0.2) is 8.42 Å². The maximum absolute atomic E-state index is 12.9. The van der Waals surface area contributed by atoms with Crippen LogP contribution in [0.3, 0.4) is 0 Å². The molecule has 1 aromatic heterocycles. The van der Waals surface area contributed by atoms with E-state index < -0.39 is 9.84 Å². The fourth-order valence-corrected chi connectivity index (χ4v) is 4.76. The number of sulfone groups is 1. The first-order valence-corrected chi connectivity index (χ1v) is 9.60. The van der Waals surface area contributed by atoms with Crippen LogP contribution in [0.15, 0.2) is 56.7 Å². The van der Waals surface area contributed by atoms with Gasteiger partial charge in [0.25, 0.3) is 0 Å². The zero-order valence-corrected chi connectivity index (χ0v) is 15.8. The summed E-state index contributed by atoms with van der Waals surface area (Å²) in [7, 11) is -3.61. The van der Waals surface area contributed by atoms with E-state index in [1.54, 1.807) is 36.4 Å². The molecule has 1 atom stereocenters. The first kappa shape index (κ1) is 18.3. The smallest absolute Gasteiger partial charge is 0.206 e. The molecule has 4 rings (SSSR count). The van der Waals surface area contributed by atoms with Gasteiger partial charge in [-0.05, 0) is 31.2 Å². The predicted octanol–water partition coefficient (Wildman–Crippen LogP) is 4.38. The molecule has 0 aliphatic carbocycles. The quantitative estimate of drug-likeness (QED) is 0.696. The van der Waals surface area contributed by atoms with Gasteiger partial charge in [0.2, 0.25) is 9.84 Å². The number of benzene rings is 2. The molecule has 1 aliphatic heterocycles. The Hall–Kier alpha value is -1.53. The van der Waals surface area contributed by atoms with Gasteiger partial charge in [0.05, 0.1) is 14.8 Å². The van der Waals surface area contributed by atoms with Crippen molar-refractivity contribution in [2.75, 3.05) is 0 Å². The average molecular weight is 398 g/mol. The lowest BCUT2D eigenvalue weighted by Gasteiger charge is -2.18. The molecule has 132 valence electrons. The molecule has 0 radical (unpaired) electrons. The SMILES string of the molecule is CC1Cc2oc3c(Cl)cc(S(=O)(=O)c4ccccc4)cc3c2CN1.Cl. The van der Waals surface area contributed by atoms with Gasteiger partial charge >= 0.3 is 0 Å². The molecule has 0 saturated carbocycles. The highest BCUT2D eigenvalue weighted by Crippen LogP contribution is 2.37. The highest BCUT2D eigenvalue weighted by Gasteiger charge is 2.26. The van der Waals surface area contributed by atoms with Crippen molar-refractivity contribution in [1.29, 1.82) is 0 Å². The molecule has 2 aromatic carbocycles. The van der Waals surface area contributed by atoms with Crippen molar-refractivity contribution in [3.05, 3.63) is 58.8 Å². The number of fused-ring (bicyclic) bond motifs is 3. The lowest BCUT2D eigenvalue weighted by atomic mass is 10.0. The fourth-order valence-electron chi connectivity index (χ4n) is 3.11. The minimum Gasteiger partial charge on any atom is -0.459 e. The van der Waals surface area contributed by atoms with Crippen LogP contribution in [0.5, 0.6) is 0 Å². The fraction of sp³-hybridized carbons (Fsp3) is 0.222. The molecule has 4 nitrogen and oxygen atoms in total. The van der Waals surface area contributed by atoms with Gasteiger partial charge in [-0.2, -0.15) is 0 Å². The van der Waals surface area contributed by atoms with Gasteiger partial charge in [-0.15, -0.1) is 12.4 Å². The molecule has 0 fully saturated rings.